The summed E-state index contributed by atoms with van der Waals surface area (Å²) in [7, 11) is 0. The second-order valence-corrected chi connectivity index (χ2v) is 6.64. The van der Waals surface area contributed by atoms with Crippen LogP contribution in [0.3, 0.4) is 0 Å². The Balaban J connectivity index is 2.02. The molecule has 1 aromatic carbocycles. The van der Waals surface area contributed by atoms with Gasteiger partial charge < -0.3 is 10.6 Å². The van der Waals surface area contributed by atoms with E-state index in [1.54, 1.807) is 12.1 Å². The second-order valence-electron chi connectivity index (χ2n) is 6.64. The minimum Gasteiger partial charge on any atom is -0.364 e. The largest absolute Gasteiger partial charge is 0.364 e. The van der Waals surface area contributed by atoms with Crippen LogP contribution < -0.4 is 10.6 Å². The smallest absolute Gasteiger partial charge is 0.125 e. The molecule has 1 saturated carbocycles. The van der Waals surface area contributed by atoms with Gasteiger partial charge in [-0.2, -0.15) is 0 Å². The van der Waals surface area contributed by atoms with E-state index >= 15 is 0 Å². The first-order chi connectivity index (χ1) is 9.58. The van der Waals surface area contributed by atoms with Gasteiger partial charge in [-0.05, 0) is 42.4 Å². The molecule has 0 radical (unpaired) electrons. The van der Waals surface area contributed by atoms with E-state index in [4.69, 9.17) is 5.73 Å². The quantitative estimate of drug-likeness (QED) is 0.897. The molecule has 2 aliphatic rings. The summed E-state index contributed by atoms with van der Waals surface area (Å²) in [6.45, 7) is 6.30. The van der Waals surface area contributed by atoms with Gasteiger partial charge in [0.2, 0.25) is 0 Å². The maximum absolute atomic E-state index is 13.6. The highest BCUT2D eigenvalue weighted by molar-refractivity contribution is 5.60. The summed E-state index contributed by atoms with van der Waals surface area (Å²) in [6.07, 6.45) is 4.65. The van der Waals surface area contributed by atoms with Crippen LogP contribution in [0.4, 0.5) is 10.1 Å². The molecular formula is C17H25FN2. The number of hydrogen-bond acceptors (Lipinski definition) is 2. The van der Waals surface area contributed by atoms with E-state index in [-0.39, 0.29) is 11.4 Å². The van der Waals surface area contributed by atoms with Gasteiger partial charge in [-0.15, -0.1) is 0 Å². The molecule has 0 saturated heterocycles. The Kier molecular flexibility index (Phi) is 3.49. The highest BCUT2D eigenvalue weighted by Gasteiger charge is 2.46. The minimum absolute atomic E-state index is 0.0106. The second kappa shape index (κ2) is 5.03. The maximum Gasteiger partial charge on any atom is 0.125 e. The summed E-state index contributed by atoms with van der Waals surface area (Å²) in [5.41, 5.74) is 8.59. The number of nitrogens with zero attached hydrogens (tertiary/aromatic N) is 1. The molecule has 0 amide bonds. The lowest BCUT2D eigenvalue weighted by atomic mass is 9.67. The fourth-order valence-electron chi connectivity index (χ4n) is 4.33. The zero-order chi connectivity index (χ0) is 14.3. The van der Waals surface area contributed by atoms with Crippen LogP contribution in [0.5, 0.6) is 0 Å². The van der Waals surface area contributed by atoms with E-state index in [0.29, 0.717) is 18.4 Å². The van der Waals surface area contributed by atoms with Gasteiger partial charge in [0.05, 0.1) is 5.54 Å². The van der Waals surface area contributed by atoms with Gasteiger partial charge in [-0.3, -0.25) is 0 Å². The van der Waals surface area contributed by atoms with Crippen LogP contribution >= 0.6 is 0 Å². The molecule has 1 aliphatic carbocycles. The minimum atomic E-state index is -0.140. The van der Waals surface area contributed by atoms with Crippen molar-refractivity contribution in [2.75, 3.05) is 18.0 Å². The van der Waals surface area contributed by atoms with Gasteiger partial charge in [0.25, 0.3) is 0 Å². The Morgan fingerprint density at radius 2 is 2.20 bits per heavy atom. The molecular weight excluding hydrogens is 251 g/mol. The molecule has 0 aromatic heterocycles. The monoisotopic (exact) mass is 276 g/mol. The van der Waals surface area contributed by atoms with Gasteiger partial charge >= 0.3 is 0 Å². The van der Waals surface area contributed by atoms with Crippen molar-refractivity contribution in [2.24, 2.45) is 17.6 Å². The topological polar surface area (TPSA) is 29.3 Å². The predicted octanol–water partition coefficient (Wildman–Crippen LogP) is 3.34. The lowest BCUT2D eigenvalue weighted by Gasteiger charge is -2.52. The summed E-state index contributed by atoms with van der Waals surface area (Å²) in [6, 6.07) is 5.21. The van der Waals surface area contributed by atoms with E-state index in [0.717, 1.165) is 25.1 Å². The van der Waals surface area contributed by atoms with Crippen molar-refractivity contribution in [2.45, 2.75) is 45.1 Å². The molecule has 2 nitrogen and oxygen atoms in total. The highest BCUT2D eigenvalue weighted by Crippen LogP contribution is 2.45. The number of anilines is 1. The van der Waals surface area contributed by atoms with E-state index in [2.05, 4.69) is 18.7 Å². The molecule has 110 valence electrons. The average Bonchev–Trinajstić information content (AvgIpc) is 2.86. The fraction of sp³-hybridized carbons (Fsp3) is 0.647. The third-order valence-corrected chi connectivity index (χ3v) is 5.80. The molecule has 0 bridgehead atoms. The van der Waals surface area contributed by atoms with Crippen LogP contribution in [-0.2, 0) is 6.42 Å². The summed E-state index contributed by atoms with van der Waals surface area (Å²) in [5.74, 6) is 1.10. The van der Waals surface area contributed by atoms with Crippen molar-refractivity contribution in [3.8, 4) is 0 Å². The Bertz CT molecular complexity index is 502. The average molecular weight is 276 g/mol. The highest BCUT2D eigenvalue weighted by atomic mass is 19.1. The van der Waals surface area contributed by atoms with Crippen molar-refractivity contribution in [3.05, 3.63) is 29.6 Å². The van der Waals surface area contributed by atoms with Crippen LogP contribution in [-0.4, -0.2) is 18.6 Å². The maximum atomic E-state index is 13.6. The van der Waals surface area contributed by atoms with Gasteiger partial charge in [0.15, 0.2) is 0 Å². The SMILES string of the molecule is CC1CCCC(CN)(N2CCc3ccc(F)cc32)C1C. The van der Waals surface area contributed by atoms with Crippen LogP contribution in [0.15, 0.2) is 18.2 Å². The van der Waals surface area contributed by atoms with Gasteiger partial charge in [0, 0.05) is 18.8 Å². The van der Waals surface area contributed by atoms with Crippen LogP contribution in [0.25, 0.3) is 0 Å². The van der Waals surface area contributed by atoms with Crippen LogP contribution in [0.2, 0.25) is 0 Å². The van der Waals surface area contributed by atoms with Crippen molar-refractivity contribution in [3.63, 3.8) is 0 Å². The number of fused-ring (bicyclic) bond motifs is 1. The first kappa shape index (κ1) is 13.9. The van der Waals surface area contributed by atoms with E-state index in [1.165, 1.54) is 18.4 Å². The normalized spacial score (nSPS) is 33.3. The Labute approximate surface area is 121 Å². The number of benzene rings is 1. The van der Waals surface area contributed by atoms with Crippen LogP contribution in [0.1, 0.15) is 38.7 Å². The lowest BCUT2D eigenvalue weighted by molar-refractivity contribution is 0.141. The molecule has 3 rings (SSSR count). The standard InChI is InChI=1S/C17H25FN2/c1-12-4-3-8-17(11-19,13(12)2)20-9-7-14-5-6-15(18)10-16(14)20/h5-6,10,12-13H,3-4,7-9,11,19H2,1-2H3. The predicted molar refractivity (Wildman–Crippen MR) is 81.4 cm³/mol. The van der Waals surface area contributed by atoms with E-state index < -0.39 is 0 Å². The van der Waals surface area contributed by atoms with Crippen molar-refractivity contribution >= 4 is 5.69 Å². The molecule has 20 heavy (non-hydrogen) atoms. The third-order valence-electron chi connectivity index (χ3n) is 5.80. The number of hydrogen-bond donors (Lipinski definition) is 1. The molecule has 3 unspecified atom stereocenters. The van der Waals surface area contributed by atoms with Crippen molar-refractivity contribution < 1.29 is 4.39 Å². The molecule has 3 heteroatoms. The Morgan fingerprint density at radius 1 is 1.40 bits per heavy atom. The number of halogens is 1. The van der Waals surface area contributed by atoms with Gasteiger partial charge in [-0.1, -0.05) is 32.8 Å². The zero-order valence-electron chi connectivity index (χ0n) is 12.5. The fourth-order valence-corrected chi connectivity index (χ4v) is 4.33. The van der Waals surface area contributed by atoms with E-state index in [9.17, 15) is 4.39 Å². The van der Waals surface area contributed by atoms with Gasteiger partial charge in [-0.25, -0.2) is 4.39 Å². The summed E-state index contributed by atoms with van der Waals surface area (Å²) >= 11 is 0. The third kappa shape index (κ3) is 1.95. The van der Waals surface area contributed by atoms with E-state index in [1.807, 2.05) is 6.07 Å². The molecule has 1 fully saturated rings. The summed E-state index contributed by atoms with van der Waals surface area (Å²) in [5, 5.41) is 0. The number of nitrogens with two attached hydrogens (primary N) is 1. The number of rotatable bonds is 2. The van der Waals surface area contributed by atoms with Gasteiger partial charge in [0.1, 0.15) is 5.82 Å². The molecule has 1 heterocycles. The Morgan fingerprint density at radius 3 is 2.95 bits per heavy atom. The molecule has 3 atom stereocenters. The first-order valence-corrected chi connectivity index (χ1v) is 7.84. The lowest BCUT2D eigenvalue weighted by Crippen LogP contribution is -2.60. The summed E-state index contributed by atoms with van der Waals surface area (Å²) < 4.78 is 13.6. The molecule has 1 aromatic rings. The molecule has 0 spiro atoms. The van der Waals surface area contributed by atoms with Crippen LogP contribution in [0, 0.1) is 17.7 Å². The van der Waals surface area contributed by atoms with Crippen molar-refractivity contribution in [1.29, 1.82) is 0 Å². The molecule has 1 aliphatic heterocycles. The Hall–Kier alpha value is -1.09. The zero-order valence-corrected chi connectivity index (χ0v) is 12.5. The first-order valence-electron chi connectivity index (χ1n) is 7.84. The molecule has 2 N–H and O–H groups in total. The summed E-state index contributed by atoms with van der Waals surface area (Å²) in [4.78, 5) is 2.42. The van der Waals surface area contributed by atoms with Crippen molar-refractivity contribution in [1.82, 2.24) is 0 Å².